The number of rotatable bonds is 2. The Hall–Kier alpha value is -0.950. The molecule has 0 unspecified atom stereocenters. The van der Waals surface area contributed by atoms with Crippen LogP contribution in [0, 0.1) is 6.92 Å². The molecule has 2 aromatic rings. The van der Waals surface area contributed by atoms with Crippen molar-refractivity contribution in [2.45, 2.75) is 13.5 Å². The Balaban J connectivity index is 2.22. The largest absolute Gasteiger partial charge is 0.366 e. The Morgan fingerprint density at radius 2 is 2.36 bits per heavy atom. The van der Waals surface area contributed by atoms with Crippen LogP contribution >= 0.6 is 27.3 Å². The van der Waals surface area contributed by atoms with Gasteiger partial charge in [0.05, 0.1) is 17.2 Å². The lowest BCUT2D eigenvalue weighted by Crippen LogP contribution is -2.03. The summed E-state index contributed by atoms with van der Waals surface area (Å²) in [6.45, 7) is 2.56. The van der Waals surface area contributed by atoms with Crippen LogP contribution in [0.3, 0.4) is 0 Å². The zero-order valence-corrected chi connectivity index (χ0v) is 9.84. The number of aromatic nitrogens is 4. The van der Waals surface area contributed by atoms with Gasteiger partial charge in [-0.15, -0.1) is 16.4 Å². The minimum atomic E-state index is 0.267. The highest BCUT2D eigenvalue weighted by Gasteiger charge is 2.06. The van der Waals surface area contributed by atoms with Crippen LogP contribution in [0.1, 0.15) is 10.7 Å². The van der Waals surface area contributed by atoms with Gasteiger partial charge in [0.15, 0.2) is 4.73 Å². The summed E-state index contributed by atoms with van der Waals surface area (Å²) in [5.41, 5.74) is 6.42. The number of nitrogens with two attached hydrogens (primary N) is 1. The first kappa shape index (κ1) is 9.60. The van der Waals surface area contributed by atoms with Gasteiger partial charge < -0.3 is 5.73 Å². The van der Waals surface area contributed by atoms with Crippen molar-refractivity contribution in [3.8, 4) is 0 Å². The van der Waals surface area contributed by atoms with Gasteiger partial charge in [0.1, 0.15) is 0 Å². The van der Waals surface area contributed by atoms with Crippen LogP contribution in [0.15, 0.2) is 10.1 Å². The minimum Gasteiger partial charge on any atom is -0.366 e. The van der Waals surface area contributed by atoms with Gasteiger partial charge in [-0.3, -0.25) is 0 Å². The molecule has 2 aromatic heterocycles. The second kappa shape index (κ2) is 3.66. The molecule has 0 aromatic carbocycles. The van der Waals surface area contributed by atoms with E-state index in [0.717, 1.165) is 10.7 Å². The summed E-state index contributed by atoms with van der Waals surface area (Å²) in [5, 5.41) is 7.06. The molecule has 74 valence electrons. The van der Waals surface area contributed by atoms with Gasteiger partial charge in [0.2, 0.25) is 5.95 Å². The summed E-state index contributed by atoms with van der Waals surface area (Å²) in [5.74, 6) is 0.267. The number of hydrogen-bond donors (Lipinski definition) is 1. The van der Waals surface area contributed by atoms with Crippen molar-refractivity contribution >= 4 is 33.2 Å². The number of aryl methyl sites for hydroxylation is 1. The van der Waals surface area contributed by atoms with Crippen molar-refractivity contribution in [2.75, 3.05) is 5.73 Å². The first-order chi connectivity index (χ1) is 6.65. The first-order valence-electron chi connectivity index (χ1n) is 3.92. The average molecular weight is 274 g/mol. The van der Waals surface area contributed by atoms with Crippen molar-refractivity contribution in [2.24, 2.45) is 0 Å². The molecule has 0 fully saturated rings. The van der Waals surface area contributed by atoms with E-state index in [-0.39, 0.29) is 5.95 Å². The molecule has 0 amide bonds. The van der Waals surface area contributed by atoms with Crippen LogP contribution in [0.4, 0.5) is 5.95 Å². The monoisotopic (exact) mass is 273 g/mol. The molecular formula is C7H8BrN5S. The normalized spacial score (nSPS) is 10.7. The number of anilines is 1. The van der Waals surface area contributed by atoms with Crippen molar-refractivity contribution in [3.05, 3.63) is 20.8 Å². The quantitative estimate of drug-likeness (QED) is 0.899. The van der Waals surface area contributed by atoms with Crippen molar-refractivity contribution in [3.63, 3.8) is 0 Å². The molecule has 2 N–H and O–H groups in total. The molecular weight excluding hydrogens is 266 g/mol. The fourth-order valence-electron chi connectivity index (χ4n) is 1.07. The standard InChI is InChI=1S/C7H8BrN5S/c1-4-10-5(3-14-4)2-13-6(8)11-7(9)12-13/h3H,2H2,1H3,(H2,9,12). The van der Waals surface area contributed by atoms with E-state index in [0.29, 0.717) is 11.3 Å². The summed E-state index contributed by atoms with van der Waals surface area (Å²) in [7, 11) is 0. The van der Waals surface area contributed by atoms with Gasteiger partial charge >= 0.3 is 0 Å². The predicted octanol–water partition coefficient (Wildman–Crippen LogP) is 1.44. The van der Waals surface area contributed by atoms with Crippen LogP contribution < -0.4 is 5.73 Å². The smallest absolute Gasteiger partial charge is 0.240 e. The molecule has 7 heteroatoms. The molecule has 0 aliphatic heterocycles. The summed E-state index contributed by atoms with van der Waals surface area (Å²) in [6, 6.07) is 0. The van der Waals surface area contributed by atoms with Crippen LogP contribution in [0.2, 0.25) is 0 Å². The van der Waals surface area contributed by atoms with Gasteiger partial charge in [-0.1, -0.05) is 0 Å². The fraction of sp³-hybridized carbons (Fsp3) is 0.286. The zero-order chi connectivity index (χ0) is 10.1. The van der Waals surface area contributed by atoms with E-state index in [1.54, 1.807) is 16.0 Å². The van der Waals surface area contributed by atoms with Crippen LogP contribution in [0.5, 0.6) is 0 Å². The molecule has 0 spiro atoms. The molecule has 2 rings (SSSR count). The lowest BCUT2D eigenvalue weighted by atomic mass is 10.5. The number of nitrogen functional groups attached to an aromatic ring is 1. The molecule has 0 saturated heterocycles. The van der Waals surface area contributed by atoms with E-state index >= 15 is 0 Å². The summed E-state index contributed by atoms with van der Waals surface area (Å²) in [6.07, 6.45) is 0. The number of thiazole rings is 1. The van der Waals surface area contributed by atoms with E-state index < -0.39 is 0 Å². The van der Waals surface area contributed by atoms with Gasteiger partial charge in [0.25, 0.3) is 0 Å². The Bertz CT molecular complexity index is 449. The van der Waals surface area contributed by atoms with E-state index in [1.165, 1.54) is 0 Å². The summed E-state index contributed by atoms with van der Waals surface area (Å²) in [4.78, 5) is 8.26. The van der Waals surface area contributed by atoms with E-state index in [2.05, 4.69) is 31.0 Å². The zero-order valence-electron chi connectivity index (χ0n) is 7.44. The van der Waals surface area contributed by atoms with E-state index in [4.69, 9.17) is 5.73 Å². The van der Waals surface area contributed by atoms with Crippen molar-refractivity contribution < 1.29 is 0 Å². The number of hydrogen-bond acceptors (Lipinski definition) is 5. The second-order valence-electron chi connectivity index (χ2n) is 2.75. The average Bonchev–Trinajstić information content (AvgIpc) is 2.61. The molecule has 2 heterocycles. The summed E-state index contributed by atoms with van der Waals surface area (Å²) >= 11 is 4.88. The Morgan fingerprint density at radius 1 is 1.57 bits per heavy atom. The van der Waals surface area contributed by atoms with Crippen molar-refractivity contribution in [1.29, 1.82) is 0 Å². The molecule has 0 radical (unpaired) electrons. The maximum atomic E-state index is 5.45. The minimum absolute atomic E-state index is 0.267. The van der Waals surface area contributed by atoms with E-state index in [1.807, 2.05) is 12.3 Å². The highest BCUT2D eigenvalue weighted by atomic mass is 79.9. The second-order valence-corrected chi connectivity index (χ2v) is 4.53. The Kier molecular flexibility index (Phi) is 2.51. The molecule has 0 bridgehead atoms. The summed E-state index contributed by atoms with van der Waals surface area (Å²) < 4.78 is 2.30. The van der Waals surface area contributed by atoms with Gasteiger partial charge in [-0.2, -0.15) is 4.98 Å². The maximum Gasteiger partial charge on any atom is 0.240 e. The molecule has 0 aliphatic rings. The van der Waals surface area contributed by atoms with Crippen LogP contribution in [-0.4, -0.2) is 19.7 Å². The lowest BCUT2D eigenvalue weighted by Gasteiger charge is -1.97. The highest BCUT2D eigenvalue weighted by Crippen LogP contribution is 2.13. The lowest BCUT2D eigenvalue weighted by molar-refractivity contribution is 0.659. The third kappa shape index (κ3) is 1.93. The number of halogens is 1. The van der Waals surface area contributed by atoms with Gasteiger partial charge in [-0.05, 0) is 22.9 Å². The van der Waals surface area contributed by atoms with Crippen molar-refractivity contribution in [1.82, 2.24) is 19.7 Å². The SMILES string of the molecule is Cc1nc(Cn2nc(N)nc2Br)cs1. The predicted molar refractivity (Wildman–Crippen MR) is 58.1 cm³/mol. The first-order valence-corrected chi connectivity index (χ1v) is 5.59. The number of nitrogens with zero attached hydrogens (tertiary/aromatic N) is 4. The Labute approximate surface area is 93.1 Å². The Morgan fingerprint density at radius 3 is 2.86 bits per heavy atom. The van der Waals surface area contributed by atoms with Crippen LogP contribution in [-0.2, 0) is 6.54 Å². The van der Waals surface area contributed by atoms with E-state index in [9.17, 15) is 0 Å². The molecule has 14 heavy (non-hydrogen) atoms. The molecule has 0 saturated carbocycles. The molecule has 5 nitrogen and oxygen atoms in total. The fourth-order valence-corrected chi connectivity index (χ4v) is 2.06. The topological polar surface area (TPSA) is 69.6 Å². The maximum absolute atomic E-state index is 5.45. The van der Waals surface area contributed by atoms with Gasteiger partial charge in [-0.25, -0.2) is 9.67 Å². The third-order valence-electron chi connectivity index (χ3n) is 1.62. The molecule has 0 aliphatic carbocycles. The third-order valence-corrected chi connectivity index (χ3v) is 3.03. The highest BCUT2D eigenvalue weighted by molar-refractivity contribution is 9.10. The van der Waals surface area contributed by atoms with Gasteiger partial charge in [0, 0.05) is 5.38 Å². The molecule has 0 atom stereocenters. The van der Waals surface area contributed by atoms with Crippen LogP contribution in [0.25, 0.3) is 0 Å².